The largest absolute Gasteiger partial charge is 0.478 e. The van der Waals surface area contributed by atoms with Crippen LogP contribution in [-0.4, -0.2) is 144 Å². The van der Waals surface area contributed by atoms with Crippen molar-refractivity contribution in [1.29, 1.82) is 0 Å². The van der Waals surface area contributed by atoms with E-state index in [1.165, 1.54) is 26.2 Å². The van der Waals surface area contributed by atoms with Crippen molar-refractivity contribution < 1.29 is 64.1 Å². The summed E-state index contributed by atoms with van der Waals surface area (Å²) in [5.41, 5.74) is 1.97. The van der Waals surface area contributed by atoms with E-state index in [1.807, 2.05) is 25.3 Å². The molecule has 1 aliphatic rings. The van der Waals surface area contributed by atoms with Crippen molar-refractivity contribution in [3.63, 3.8) is 0 Å². The van der Waals surface area contributed by atoms with E-state index in [4.69, 9.17) is 40.4 Å². The van der Waals surface area contributed by atoms with Gasteiger partial charge in [-0.3, -0.25) is 0 Å². The number of carboxylic acids is 6. The molecule has 0 amide bonds. The van der Waals surface area contributed by atoms with E-state index in [0.29, 0.717) is 43.1 Å². The van der Waals surface area contributed by atoms with Gasteiger partial charge in [0.05, 0.1) is 6.61 Å². The average Bonchev–Trinajstić information content (AvgIpc) is 3.37. The van der Waals surface area contributed by atoms with Crippen LogP contribution in [0.3, 0.4) is 0 Å². The normalized spacial score (nSPS) is 13.2. The Morgan fingerprint density at radius 1 is 0.750 bits per heavy atom. The quantitative estimate of drug-likeness (QED) is 0.119. The van der Waals surface area contributed by atoms with Crippen LogP contribution in [0.1, 0.15) is 19.2 Å². The second-order valence-corrected chi connectivity index (χ2v) is 9.50. The lowest BCUT2D eigenvalue weighted by molar-refractivity contribution is -0.134. The Kier molecular flexibility index (Phi) is 21.9. The summed E-state index contributed by atoms with van der Waals surface area (Å²) in [6.45, 7) is 10.2. The number of nitrogens with zero attached hydrogens (tertiary/aromatic N) is 5. The Morgan fingerprint density at radius 2 is 1.21 bits per heavy atom. The van der Waals surface area contributed by atoms with Gasteiger partial charge in [-0.05, 0) is 39.1 Å². The molecule has 18 heteroatoms. The summed E-state index contributed by atoms with van der Waals surface area (Å²) < 4.78 is 7.76. The number of piperazine rings is 1. The van der Waals surface area contributed by atoms with Gasteiger partial charge in [0.2, 0.25) is 0 Å². The molecule has 3 heterocycles. The molecular formula is C30H41N5O13. The van der Waals surface area contributed by atoms with Crippen LogP contribution in [0.25, 0.3) is 11.2 Å². The third kappa shape index (κ3) is 22.1. The molecule has 3 rings (SSSR count). The Labute approximate surface area is 275 Å². The van der Waals surface area contributed by atoms with Gasteiger partial charge in [0.25, 0.3) is 0 Å². The Bertz CT molecular complexity index is 1300. The number of pyridine rings is 1. The number of aromatic nitrogens is 3. The van der Waals surface area contributed by atoms with E-state index >= 15 is 0 Å². The number of likely N-dealkylation sites (N-methyl/N-ethyl adjacent to an activating group) is 1. The van der Waals surface area contributed by atoms with Gasteiger partial charge in [-0.1, -0.05) is 0 Å². The fourth-order valence-corrected chi connectivity index (χ4v) is 3.69. The second-order valence-electron chi connectivity index (χ2n) is 9.50. The zero-order chi connectivity index (χ0) is 36.5. The first-order valence-electron chi connectivity index (χ1n) is 14.4. The van der Waals surface area contributed by atoms with Crippen LogP contribution in [0.2, 0.25) is 0 Å². The maximum absolute atomic E-state index is 9.55. The van der Waals surface area contributed by atoms with Crippen molar-refractivity contribution in [3.05, 3.63) is 60.6 Å². The molecule has 264 valence electrons. The standard InChI is InChI=1S/C18H29N5O.3C4H4O4/c1-3-24-15-14-23-17(20-16-6-4-8-19-18(16)23)7-5-9-22-12-10-21(2)11-13-22;3*5-3(6)1-2-4(7)8/h4,6,8H,3,5,7,9-15H2,1-2H3;3*1-2H,(H,5,6)(H,7,8). The number of carbonyl (C=O) groups is 6. The highest BCUT2D eigenvalue weighted by molar-refractivity contribution is 5.90. The van der Waals surface area contributed by atoms with Crippen LogP contribution in [0.4, 0.5) is 0 Å². The number of fused-ring (bicyclic) bond motifs is 1. The molecule has 48 heavy (non-hydrogen) atoms. The molecule has 1 saturated heterocycles. The van der Waals surface area contributed by atoms with Gasteiger partial charge in [0.1, 0.15) is 11.3 Å². The number of aryl methyl sites for hydroxylation is 1. The van der Waals surface area contributed by atoms with Gasteiger partial charge in [-0.2, -0.15) is 0 Å². The van der Waals surface area contributed by atoms with Crippen LogP contribution in [-0.2, 0) is 46.5 Å². The van der Waals surface area contributed by atoms with Gasteiger partial charge >= 0.3 is 35.8 Å². The molecule has 1 aliphatic heterocycles. The minimum atomic E-state index is -1.26. The molecule has 0 unspecified atom stereocenters. The van der Waals surface area contributed by atoms with E-state index < -0.39 is 35.8 Å². The molecule has 0 bridgehead atoms. The van der Waals surface area contributed by atoms with Crippen LogP contribution in [0.5, 0.6) is 0 Å². The van der Waals surface area contributed by atoms with Crippen LogP contribution in [0.15, 0.2) is 54.8 Å². The first kappa shape index (κ1) is 42.5. The number of imidazole rings is 1. The number of carboxylic acid groups (broad SMARTS) is 6. The number of hydrogen-bond acceptors (Lipinski definition) is 11. The van der Waals surface area contributed by atoms with Crippen molar-refractivity contribution in [2.75, 3.05) is 53.0 Å². The fraction of sp³-hybridized carbons (Fsp3) is 0.400. The maximum atomic E-state index is 9.55. The van der Waals surface area contributed by atoms with Gasteiger partial charge in [-0.25, -0.2) is 38.7 Å². The minimum absolute atomic E-state index is 0.558. The SMILES string of the molecule is CCOCCn1c(CCCN2CCN(C)CC2)nc2cccnc21.O=C(O)C=CC(=O)O.O=C(O)C=CC(=O)O.O=C(O)C=CC(=O)O. The molecule has 0 aromatic carbocycles. The lowest BCUT2D eigenvalue weighted by Crippen LogP contribution is -2.44. The Morgan fingerprint density at radius 3 is 1.62 bits per heavy atom. The summed E-state index contributed by atoms with van der Waals surface area (Å²) >= 11 is 0. The summed E-state index contributed by atoms with van der Waals surface area (Å²) in [4.78, 5) is 71.6. The molecule has 0 radical (unpaired) electrons. The van der Waals surface area contributed by atoms with Gasteiger partial charge in [-0.15, -0.1) is 0 Å². The van der Waals surface area contributed by atoms with Crippen molar-refractivity contribution >= 4 is 47.0 Å². The Balaban J connectivity index is 0.000000756. The molecule has 1 fully saturated rings. The molecule has 0 aliphatic carbocycles. The zero-order valence-electron chi connectivity index (χ0n) is 26.5. The van der Waals surface area contributed by atoms with Crippen molar-refractivity contribution in [1.82, 2.24) is 24.3 Å². The first-order valence-corrected chi connectivity index (χ1v) is 14.4. The third-order valence-corrected chi connectivity index (χ3v) is 5.82. The van der Waals surface area contributed by atoms with Gasteiger partial charge < -0.3 is 49.7 Å². The average molecular weight is 680 g/mol. The van der Waals surface area contributed by atoms with E-state index in [2.05, 4.69) is 26.4 Å². The van der Waals surface area contributed by atoms with Crippen LogP contribution < -0.4 is 0 Å². The highest BCUT2D eigenvalue weighted by Gasteiger charge is 2.15. The van der Waals surface area contributed by atoms with E-state index in [-0.39, 0.29) is 0 Å². The minimum Gasteiger partial charge on any atom is -0.478 e. The van der Waals surface area contributed by atoms with Crippen molar-refractivity contribution in [3.8, 4) is 0 Å². The van der Waals surface area contributed by atoms with E-state index in [1.54, 1.807) is 0 Å². The van der Waals surface area contributed by atoms with Crippen LogP contribution in [0, 0.1) is 0 Å². The maximum Gasteiger partial charge on any atom is 0.328 e. The van der Waals surface area contributed by atoms with Crippen molar-refractivity contribution in [2.24, 2.45) is 0 Å². The number of aliphatic carboxylic acids is 6. The van der Waals surface area contributed by atoms with Gasteiger partial charge in [0, 0.05) is 88.4 Å². The lowest BCUT2D eigenvalue weighted by Gasteiger charge is -2.32. The molecular weight excluding hydrogens is 638 g/mol. The van der Waals surface area contributed by atoms with E-state index in [0.717, 1.165) is 49.5 Å². The van der Waals surface area contributed by atoms with Crippen LogP contribution >= 0.6 is 0 Å². The topological polar surface area (TPSA) is 270 Å². The molecule has 2 aromatic rings. The molecule has 2 aromatic heterocycles. The predicted octanol–water partition coefficient (Wildman–Crippen LogP) is 0.783. The number of ether oxygens (including phenoxy) is 1. The monoisotopic (exact) mass is 679 g/mol. The predicted molar refractivity (Wildman–Crippen MR) is 170 cm³/mol. The van der Waals surface area contributed by atoms with Gasteiger partial charge in [0.15, 0.2) is 5.65 Å². The Hall–Kier alpha value is -5.46. The molecule has 6 N–H and O–H groups in total. The van der Waals surface area contributed by atoms with E-state index in [9.17, 15) is 28.8 Å². The summed E-state index contributed by atoms with van der Waals surface area (Å²) in [5.74, 6) is -6.41. The molecule has 0 spiro atoms. The lowest BCUT2D eigenvalue weighted by atomic mass is 10.2. The molecule has 18 nitrogen and oxygen atoms in total. The summed E-state index contributed by atoms with van der Waals surface area (Å²) in [7, 11) is 2.20. The molecule has 0 atom stereocenters. The zero-order valence-corrected chi connectivity index (χ0v) is 26.5. The summed E-state index contributed by atoms with van der Waals surface area (Å²) in [6, 6.07) is 4.00. The number of rotatable bonds is 14. The summed E-state index contributed by atoms with van der Waals surface area (Å²) in [6.07, 6.45) is 7.33. The van der Waals surface area contributed by atoms with Crippen molar-refractivity contribution in [2.45, 2.75) is 26.3 Å². The summed E-state index contributed by atoms with van der Waals surface area (Å²) in [5, 5.41) is 46.9. The fourth-order valence-electron chi connectivity index (χ4n) is 3.69. The number of hydrogen-bond donors (Lipinski definition) is 6. The second kappa shape index (κ2) is 24.7. The molecule has 0 saturated carbocycles. The third-order valence-electron chi connectivity index (χ3n) is 5.82. The highest BCUT2D eigenvalue weighted by atomic mass is 16.5. The highest BCUT2D eigenvalue weighted by Crippen LogP contribution is 2.15. The smallest absolute Gasteiger partial charge is 0.328 e. The first-order chi connectivity index (χ1) is 22.7.